The number of carbonyl (C=O) groups is 2. The summed E-state index contributed by atoms with van der Waals surface area (Å²) in [6, 6.07) is 4.30. The summed E-state index contributed by atoms with van der Waals surface area (Å²) in [6.45, 7) is 0. The molecule has 0 aliphatic rings. The molecule has 0 aliphatic carbocycles. The van der Waals surface area contributed by atoms with Crippen molar-refractivity contribution in [3.63, 3.8) is 0 Å². The predicted octanol–water partition coefficient (Wildman–Crippen LogP) is 6.34. The van der Waals surface area contributed by atoms with E-state index in [0.29, 0.717) is 0 Å². The molecular weight excluding hydrogens is 431 g/mol. The number of halogens is 7. The SMILES string of the molecule is O=C(Cl)c1c(F)cc(Cl)cc1Cl.O=C(O)c1c(F)cc(Cl)cc1Cl. The molecule has 1 N–H and O–H groups in total. The third kappa shape index (κ3) is 5.46. The van der Waals surface area contributed by atoms with Gasteiger partial charge in [0.25, 0.3) is 5.24 Å². The Kier molecular flexibility index (Phi) is 7.70. The summed E-state index contributed by atoms with van der Waals surface area (Å²) in [6.07, 6.45) is 0. The highest BCUT2D eigenvalue weighted by Gasteiger charge is 2.15. The molecule has 0 radical (unpaired) electrons. The standard InChI is InChI=1S/C7H2Cl3FO.C7H3Cl2FO2/c8-3-1-4(9)6(7(10)12)5(11)2-3;8-3-1-4(9)6(7(11)12)5(10)2-3/h1-2H;1-2H,(H,11,12). The number of carboxylic acid groups (broad SMARTS) is 1. The number of benzene rings is 2. The molecule has 0 spiro atoms. The largest absolute Gasteiger partial charge is 0.478 e. The van der Waals surface area contributed by atoms with Crippen LogP contribution in [0.1, 0.15) is 20.7 Å². The minimum Gasteiger partial charge on any atom is -0.478 e. The van der Waals surface area contributed by atoms with E-state index in [1.807, 2.05) is 0 Å². The van der Waals surface area contributed by atoms with Crippen LogP contribution in [0.2, 0.25) is 20.1 Å². The van der Waals surface area contributed by atoms with Crippen molar-refractivity contribution in [3.05, 3.63) is 67.1 Å². The molecule has 0 saturated carbocycles. The summed E-state index contributed by atoms with van der Waals surface area (Å²) in [5, 5.41) is 7.45. The molecule has 0 fully saturated rings. The number of carbonyl (C=O) groups excluding carboxylic acids is 1. The van der Waals surface area contributed by atoms with E-state index >= 15 is 0 Å². The van der Waals surface area contributed by atoms with Crippen LogP contribution < -0.4 is 0 Å². The number of aromatic carboxylic acids is 1. The van der Waals surface area contributed by atoms with Crippen molar-refractivity contribution in [1.29, 1.82) is 0 Å². The Hall–Kier alpha value is -1.11. The Morgan fingerprint density at radius 1 is 0.792 bits per heavy atom. The number of hydrogen-bond donors (Lipinski definition) is 1. The van der Waals surface area contributed by atoms with E-state index in [2.05, 4.69) is 0 Å². The van der Waals surface area contributed by atoms with Crippen molar-refractivity contribution in [2.24, 2.45) is 0 Å². The number of carboxylic acids is 1. The van der Waals surface area contributed by atoms with Crippen molar-refractivity contribution in [2.45, 2.75) is 0 Å². The van der Waals surface area contributed by atoms with Gasteiger partial charge in [0.2, 0.25) is 0 Å². The highest BCUT2D eigenvalue weighted by atomic mass is 35.5. The molecule has 24 heavy (non-hydrogen) atoms. The highest BCUT2D eigenvalue weighted by molar-refractivity contribution is 6.68. The first-order valence-corrected chi connectivity index (χ1v) is 7.65. The zero-order valence-corrected chi connectivity index (χ0v) is 15.0. The van der Waals surface area contributed by atoms with E-state index in [-0.39, 0.29) is 25.7 Å². The van der Waals surface area contributed by atoms with Gasteiger partial charge in [0.05, 0.1) is 15.6 Å². The summed E-state index contributed by atoms with van der Waals surface area (Å²) < 4.78 is 25.7. The zero-order chi connectivity index (χ0) is 18.6. The maximum Gasteiger partial charge on any atom is 0.340 e. The minimum absolute atomic E-state index is 0.0718. The normalized spacial score (nSPS) is 9.96. The van der Waals surface area contributed by atoms with Gasteiger partial charge in [0, 0.05) is 10.0 Å². The summed E-state index contributed by atoms with van der Waals surface area (Å²) in [5.41, 5.74) is -0.899. The molecule has 128 valence electrons. The van der Waals surface area contributed by atoms with E-state index in [1.54, 1.807) is 0 Å². The third-order valence-electron chi connectivity index (χ3n) is 2.42. The maximum atomic E-state index is 12.9. The molecule has 0 bridgehead atoms. The van der Waals surface area contributed by atoms with E-state index in [9.17, 15) is 18.4 Å². The van der Waals surface area contributed by atoms with Crippen LogP contribution in [-0.4, -0.2) is 16.3 Å². The van der Waals surface area contributed by atoms with Crippen LogP contribution in [0.3, 0.4) is 0 Å². The fourth-order valence-corrected chi connectivity index (χ4v) is 2.82. The van der Waals surface area contributed by atoms with Gasteiger partial charge < -0.3 is 5.11 Å². The molecule has 10 heteroatoms. The van der Waals surface area contributed by atoms with Gasteiger partial charge in [0.15, 0.2) is 0 Å². The molecule has 0 atom stereocenters. The first kappa shape index (κ1) is 20.9. The van der Waals surface area contributed by atoms with Gasteiger partial charge in [0.1, 0.15) is 17.2 Å². The Morgan fingerprint density at radius 2 is 1.17 bits per heavy atom. The van der Waals surface area contributed by atoms with Crippen LogP contribution >= 0.6 is 58.0 Å². The van der Waals surface area contributed by atoms with Crippen molar-refractivity contribution in [2.75, 3.05) is 0 Å². The van der Waals surface area contributed by atoms with Crippen LogP contribution in [0.5, 0.6) is 0 Å². The molecule has 0 aromatic heterocycles. The Morgan fingerprint density at radius 3 is 1.46 bits per heavy atom. The smallest absolute Gasteiger partial charge is 0.340 e. The summed E-state index contributed by atoms with van der Waals surface area (Å²) >= 11 is 26.8. The van der Waals surface area contributed by atoms with Gasteiger partial charge >= 0.3 is 5.97 Å². The average Bonchev–Trinajstić information content (AvgIpc) is 2.35. The van der Waals surface area contributed by atoms with Gasteiger partial charge in [-0.2, -0.15) is 0 Å². The minimum atomic E-state index is -1.41. The average molecular weight is 436 g/mol. The van der Waals surface area contributed by atoms with Gasteiger partial charge in [-0.15, -0.1) is 0 Å². The van der Waals surface area contributed by atoms with E-state index in [4.69, 9.17) is 63.1 Å². The van der Waals surface area contributed by atoms with Crippen LogP contribution in [0.15, 0.2) is 24.3 Å². The molecule has 2 aromatic carbocycles. The summed E-state index contributed by atoms with van der Waals surface area (Å²) in [5.74, 6) is -3.15. The molecule has 0 aliphatic heterocycles. The lowest BCUT2D eigenvalue weighted by atomic mass is 10.2. The summed E-state index contributed by atoms with van der Waals surface area (Å²) in [7, 11) is 0. The van der Waals surface area contributed by atoms with Gasteiger partial charge in [-0.3, -0.25) is 4.79 Å². The predicted molar refractivity (Wildman–Crippen MR) is 90.0 cm³/mol. The lowest BCUT2D eigenvalue weighted by Crippen LogP contribution is -2.01. The molecule has 0 unspecified atom stereocenters. The van der Waals surface area contributed by atoms with E-state index in [0.717, 1.165) is 12.1 Å². The summed E-state index contributed by atoms with van der Waals surface area (Å²) in [4.78, 5) is 21.0. The Labute approximate surface area is 159 Å². The first-order chi connectivity index (χ1) is 11.0. The quantitative estimate of drug-likeness (QED) is 0.559. The molecule has 2 aromatic rings. The lowest BCUT2D eigenvalue weighted by Gasteiger charge is -2.00. The van der Waals surface area contributed by atoms with E-state index < -0.39 is 28.4 Å². The van der Waals surface area contributed by atoms with E-state index in [1.165, 1.54) is 12.1 Å². The molecule has 0 heterocycles. The molecule has 2 rings (SSSR count). The van der Waals surface area contributed by atoms with Gasteiger partial charge in [-0.1, -0.05) is 46.4 Å². The molecular formula is C14H5Cl5F2O3. The second-order valence-electron chi connectivity index (χ2n) is 4.07. The second kappa shape index (κ2) is 8.83. The lowest BCUT2D eigenvalue weighted by molar-refractivity contribution is 0.0692. The zero-order valence-electron chi connectivity index (χ0n) is 11.2. The van der Waals surface area contributed by atoms with Crippen molar-refractivity contribution in [3.8, 4) is 0 Å². The molecule has 3 nitrogen and oxygen atoms in total. The topological polar surface area (TPSA) is 54.4 Å². The molecule has 0 saturated heterocycles. The van der Waals surface area contributed by atoms with Gasteiger partial charge in [-0.25, -0.2) is 13.6 Å². The van der Waals surface area contributed by atoms with Crippen molar-refractivity contribution in [1.82, 2.24) is 0 Å². The Balaban J connectivity index is 0.000000240. The number of rotatable bonds is 2. The first-order valence-electron chi connectivity index (χ1n) is 5.76. The monoisotopic (exact) mass is 434 g/mol. The highest BCUT2D eigenvalue weighted by Crippen LogP contribution is 2.25. The van der Waals surface area contributed by atoms with Crippen molar-refractivity contribution < 1.29 is 23.5 Å². The second-order valence-corrected chi connectivity index (χ2v) is 6.10. The fraction of sp³-hybridized carbons (Fsp3) is 0. The molecule has 0 amide bonds. The van der Waals surface area contributed by atoms with Crippen LogP contribution in [0.25, 0.3) is 0 Å². The van der Waals surface area contributed by atoms with Crippen LogP contribution in [0, 0.1) is 11.6 Å². The third-order valence-corrected chi connectivity index (χ3v) is 3.65. The van der Waals surface area contributed by atoms with Crippen LogP contribution in [-0.2, 0) is 0 Å². The van der Waals surface area contributed by atoms with Crippen LogP contribution in [0.4, 0.5) is 8.78 Å². The maximum absolute atomic E-state index is 12.9. The van der Waals surface area contributed by atoms with Gasteiger partial charge in [-0.05, 0) is 35.9 Å². The fourth-order valence-electron chi connectivity index (χ4n) is 1.48. The van der Waals surface area contributed by atoms with Crippen molar-refractivity contribution >= 4 is 69.2 Å². The number of hydrogen-bond acceptors (Lipinski definition) is 2. The Bertz CT molecular complexity index is 697.